The summed E-state index contributed by atoms with van der Waals surface area (Å²) in [6, 6.07) is 10.6. The molecule has 0 aliphatic heterocycles. The van der Waals surface area contributed by atoms with Gasteiger partial charge < -0.3 is 0 Å². The van der Waals surface area contributed by atoms with Crippen LogP contribution in [0.25, 0.3) is 0 Å². The number of carbonyl (C=O) groups is 1. The molecule has 1 aromatic carbocycles. The molecule has 4 nitrogen and oxygen atoms in total. The average Bonchev–Trinajstić information content (AvgIpc) is 2.03. The maximum absolute atomic E-state index is 9.69. The Bertz CT molecular complexity index is 289. The van der Waals surface area contributed by atoms with Crippen LogP contribution < -0.4 is 3.07 Å². The Morgan fingerprint density at radius 1 is 1.43 bits per heavy atom. The molecule has 0 aliphatic carbocycles. The van der Waals surface area contributed by atoms with Crippen molar-refractivity contribution in [1.29, 1.82) is 0 Å². The van der Waals surface area contributed by atoms with Gasteiger partial charge in [-0.3, -0.25) is 0 Å². The molecule has 71 valence electrons. The van der Waals surface area contributed by atoms with Crippen LogP contribution in [0.1, 0.15) is 6.92 Å². The van der Waals surface area contributed by atoms with Gasteiger partial charge in [-0.05, 0) is 0 Å². The predicted molar refractivity (Wildman–Crippen MR) is 47.7 cm³/mol. The fourth-order valence-electron chi connectivity index (χ4n) is 0.588. The first kappa shape index (κ1) is 13.7. The van der Waals surface area contributed by atoms with Crippen molar-refractivity contribution in [1.82, 2.24) is 0 Å². The van der Waals surface area contributed by atoms with Gasteiger partial charge in [0.15, 0.2) is 0 Å². The van der Waals surface area contributed by atoms with E-state index in [0.29, 0.717) is 0 Å². The molecule has 1 unspecified atom stereocenters. The van der Waals surface area contributed by atoms with Gasteiger partial charge in [0.25, 0.3) is 0 Å². The number of rotatable bonds is 1. The van der Waals surface area contributed by atoms with Crippen molar-refractivity contribution in [2.45, 2.75) is 6.92 Å². The van der Waals surface area contributed by atoms with Crippen molar-refractivity contribution in [2.75, 3.05) is 0 Å². The first-order chi connectivity index (χ1) is 6.52. The quantitative estimate of drug-likeness (QED) is 0.565. The van der Waals surface area contributed by atoms with Gasteiger partial charge in [-0.1, -0.05) is 0 Å². The van der Waals surface area contributed by atoms with Crippen LogP contribution in [0.2, 0.25) is 0 Å². The van der Waals surface area contributed by atoms with Gasteiger partial charge in [0.2, 0.25) is 0 Å². The van der Waals surface area contributed by atoms with Gasteiger partial charge in [0, 0.05) is 11.5 Å². The molecule has 14 heavy (non-hydrogen) atoms. The Morgan fingerprint density at radius 2 is 1.93 bits per heavy atom. The van der Waals surface area contributed by atoms with E-state index in [1.807, 2.05) is 0 Å². The molecular weight excluding hydrogens is 392 g/mol. The number of benzene rings is 1. The SMILES string of the molecule is CC(=O)O[P+](=O)O.[Hg][c]1ccccc1. The molecule has 1 rings (SSSR count). The van der Waals surface area contributed by atoms with E-state index in [0.717, 1.165) is 33.0 Å². The second-order valence-corrected chi connectivity index (χ2v) is 6.14. The van der Waals surface area contributed by atoms with Crippen LogP contribution in [0.4, 0.5) is 0 Å². The van der Waals surface area contributed by atoms with Crippen LogP contribution in [-0.4, -0.2) is 10.9 Å². The van der Waals surface area contributed by atoms with Crippen LogP contribution in [0.5, 0.6) is 0 Å². The molecule has 1 N–H and O–H groups in total. The molecule has 0 spiro atoms. The van der Waals surface area contributed by atoms with Crippen LogP contribution in [0.15, 0.2) is 30.3 Å². The normalized spacial score (nSPS) is 9.57. The third kappa shape index (κ3) is 9.77. The van der Waals surface area contributed by atoms with E-state index in [-0.39, 0.29) is 0 Å². The Morgan fingerprint density at radius 3 is 2.07 bits per heavy atom. The van der Waals surface area contributed by atoms with E-state index in [9.17, 15) is 9.36 Å². The van der Waals surface area contributed by atoms with Crippen LogP contribution in [0, 0.1) is 0 Å². The zero-order chi connectivity index (χ0) is 11.0. The molecule has 0 heterocycles. The number of hydrogen-bond acceptors (Lipinski definition) is 3. The molecule has 0 amide bonds. The second kappa shape index (κ2) is 8.03. The summed E-state index contributed by atoms with van der Waals surface area (Å²) in [5.41, 5.74) is 0. The third-order valence-corrected chi connectivity index (χ3v) is 3.30. The topological polar surface area (TPSA) is 63.6 Å². The average molecular weight is 401 g/mol. The van der Waals surface area contributed by atoms with Gasteiger partial charge in [-0.15, -0.1) is 4.89 Å². The molecule has 1 atom stereocenters. The Kier molecular flexibility index (Phi) is 7.85. The first-order valence-corrected chi connectivity index (χ1v) is 7.62. The molecule has 0 aliphatic rings. The molecule has 0 bridgehead atoms. The molecular formula is C8H9HgO4P+. The summed E-state index contributed by atoms with van der Waals surface area (Å²) in [5, 5.41) is 0. The minimum atomic E-state index is -2.74. The summed E-state index contributed by atoms with van der Waals surface area (Å²) in [6.07, 6.45) is 0. The molecule has 0 aromatic heterocycles. The Hall–Kier alpha value is -0.315. The van der Waals surface area contributed by atoms with E-state index in [4.69, 9.17) is 4.89 Å². The zero-order valence-corrected chi connectivity index (χ0v) is 14.1. The summed E-state index contributed by atoms with van der Waals surface area (Å²) < 4.78 is 14.7. The summed E-state index contributed by atoms with van der Waals surface area (Å²) in [5.74, 6) is -0.747. The molecule has 0 saturated heterocycles. The maximum atomic E-state index is 9.69. The van der Waals surface area contributed by atoms with Crippen LogP contribution >= 0.6 is 8.25 Å². The Labute approximate surface area is 99.2 Å². The van der Waals surface area contributed by atoms with Crippen LogP contribution in [0.3, 0.4) is 0 Å². The Balaban J connectivity index is 0.000000241. The van der Waals surface area contributed by atoms with E-state index < -0.39 is 14.2 Å². The van der Waals surface area contributed by atoms with E-state index in [2.05, 4.69) is 34.9 Å². The molecule has 1 aromatic rings. The van der Waals surface area contributed by atoms with E-state index in [1.54, 1.807) is 0 Å². The summed E-state index contributed by atoms with van der Waals surface area (Å²) >= 11 is 0.810. The summed E-state index contributed by atoms with van der Waals surface area (Å²) in [4.78, 5) is 17.5. The minimum absolute atomic E-state index is 0.747. The molecule has 0 saturated carbocycles. The van der Waals surface area contributed by atoms with Crippen LogP contribution in [-0.2, 0) is 40.0 Å². The van der Waals surface area contributed by atoms with Crippen molar-refractivity contribution >= 4 is 17.3 Å². The monoisotopic (exact) mass is 402 g/mol. The molecule has 0 radical (unpaired) electrons. The molecule has 6 heteroatoms. The molecule has 0 fully saturated rings. The van der Waals surface area contributed by atoms with Gasteiger partial charge in [0.1, 0.15) is 0 Å². The first-order valence-electron chi connectivity index (χ1n) is 3.74. The van der Waals surface area contributed by atoms with Crippen molar-refractivity contribution in [2.24, 2.45) is 0 Å². The number of hydrogen-bond donors (Lipinski definition) is 1. The van der Waals surface area contributed by atoms with Crippen molar-refractivity contribution < 1.29 is 44.9 Å². The van der Waals surface area contributed by atoms with E-state index >= 15 is 0 Å². The zero-order valence-electron chi connectivity index (χ0n) is 7.71. The fourth-order valence-corrected chi connectivity index (χ4v) is 1.87. The third-order valence-electron chi connectivity index (χ3n) is 1.05. The predicted octanol–water partition coefficient (Wildman–Crippen LogP) is 1.06. The van der Waals surface area contributed by atoms with Crippen molar-refractivity contribution in [3.05, 3.63) is 30.3 Å². The fraction of sp³-hybridized carbons (Fsp3) is 0.125. The van der Waals surface area contributed by atoms with Gasteiger partial charge >= 0.3 is 73.7 Å². The second-order valence-electron chi connectivity index (χ2n) is 2.31. The van der Waals surface area contributed by atoms with Gasteiger partial charge in [-0.25, -0.2) is 4.79 Å². The number of carbonyl (C=O) groups excluding carboxylic acids is 1. The van der Waals surface area contributed by atoms with Crippen molar-refractivity contribution in [3.8, 4) is 0 Å². The summed E-state index contributed by atoms with van der Waals surface area (Å²) in [7, 11) is -2.74. The van der Waals surface area contributed by atoms with Gasteiger partial charge in [0.05, 0.1) is 0 Å². The van der Waals surface area contributed by atoms with E-state index in [1.165, 1.54) is 3.07 Å². The standard InChI is InChI=1S/C6H5.C2H3O4P.Hg/c1-2-4-6-5-3-1;1-2(3)6-7(4)5;/h1-5H;1H3;/p+1. The van der Waals surface area contributed by atoms with Crippen molar-refractivity contribution in [3.63, 3.8) is 0 Å². The van der Waals surface area contributed by atoms with Gasteiger partial charge in [-0.2, -0.15) is 4.52 Å². The summed E-state index contributed by atoms with van der Waals surface area (Å²) in [6.45, 7) is 1.06.